The van der Waals surface area contributed by atoms with Gasteiger partial charge in [-0.3, -0.25) is 20.3 Å². The summed E-state index contributed by atoms with van der Waals surface area (Å²) in [7, 11) is 0. The van der Waals surface area contributed by atoms with Gasteiger partial charge in [-0.25, -0.2) is 9.79 Å². The molecule has 0 aliphatic carbocycles. The quantitative estimate of drug-likeness (QED) is 0.117. The lowest BCUT2D eigenvalue weighted by molar-refractivity contribution is -0.160. The van der Waals surface area contributed by atoms with Crippen LogP contribution in [0.2, 0.25) is 0 Å². The minimum Gasteiger partial charge on any atom is -0.455 e. The summed E-state index contributed by atoms with van der Waals surface area (Å²) in [6.45, 7) is 6.82. The van der Waals surface area contributed by atoms with Gasteiger partial charge in [0.1, 0.15) is 30.2 Å². The molecule has 2 heterocycles. The number of aliphatic hydroxyl groups excluding tert-OH is 2. The summed E-state index contributed by atoms with van der Waals surface area (Å²) < 4.78 is 20.6. The van der Waals surface area contributed by atoms with Crippen molar-refractivity contribution in [3.8, 4) is 0 Å². The zero-order valence-electron chi connectivity index (χ0n) is 20.7. The first-order valence-electron chi connectivity index (χ1n) is 11.0. The van der Waals surface area contributed by atoms with Crippen molar-refractivity contribution in [3.63, 3.8) is 0 Å². The molecule has 36 heavy (non-hydrogen) atoms. The van der Waals surface area contributed by atoms with Gasteiger partial charge in [-0.2, -0.15) is 0 Å². The Kier molecular flexibility index (Phi) is 9.32. The third kappa shape index (κ3) is 6.66. The van der Waals surface area contributed by atoms with E-state index < -0.39 is 66.8 Å². The lowest BCUT2D eigenvalue weighted by atomic mass is 9.87. The Morgan fingerprint density at radius 3 is 2.58 bits per heavy atom. The van der Waals surface area contributed by atoms with E-state index in [9.17, 15) is 24.6 Å². The Bertz CT molecular complexity index is 1000. The number of esters is 2. The lowest BCUT2D eigenvalue weighted by Crippen LogP contribution is -2.48. The van der Waals surface area contributed by atoms with E-state index >= 15 is 0 Å². The number of amides is 1. The smallest absolute Gasteiger partial charge is 0.415 e. The number of aliphatic hydroxyl groups is 2. The van der Waals surface area contributed by atoms with Gasteiger partial charge in [0.25, 0.3) is 0 Å². The molecule has 5 atom stereocenters. The molecular weight excluding hydrogens is 478 g/mol. The molecule has 1 aromatic rings. The number of amidine groups is 1. The Morgan fingerprint density at radius 1 is 1.36 bits per heavy atom. The van der Waals surface area contributed by atoms with Crippen LogP contribution in [0.25, 0.3) is 0 Å². The van der Waals surface area contributed by atoms with E-state index in [2.05, 4.69) is 20.0 Å². The highest BCUT2D eigenvalue weighted by molar-refractivity contribution is 6.07. The maximum atomic E-state index is 12.6. The summed E-state index contributed by atoms with van der Waals surface area (Å²) in [5, 5.41) is 30.4. The average Bonchev–Trinajstić information content (AvgIpc) is 3.37. The van der Waals surface area contributed by atoms with Crippen molar-refractivity contribution >= 4 is 30.2 Å². The van der Waals surface area contributed by atoms with Gasteiger partial charge in [0.2, 0.25) is 6.79 Å². The second kappa shape index (κ2) is 11.6. The van der Waals surface area contributed by atoms with Crippen molar-refractivity contribution in [2.45, 2.75) is 64.6 Å². The standard InChI is InChI=1S/C22H33N5O9/c1-11(29)33-10-34-20(32)27-18(25-9-23)12-6-7-14(26-12)22(5)17(30)15(13(8-28)36-22)35-19(31)16(24)21(2,3)4/h6-7,9,13,15-17,26,28,30H,8,10,24H2,1-5H3,(H2,23,25,27,32)/t13-,15-,16-,17-,22+/m1/s1. The highest BCUT2D eigenvalue weighted by Gasteiger charge is 2.55. The fraction of sp³-hybridized carbons (Fsp3) is 0.591. The molecule has 1 saturated heterocycles. The van der Waals surface area contributed by atoms with E-state index in [1.165, 1.54) is 19.1 Å². The Hall–Kier alpha value is -3.33. The molecular formula is C22H33N5O9. The van der Waals surface area contributed by atoms with Crippen molar-refractivity contribution in [1.82, 2.24) is 10.3 Å². The number of nitrogens with zero attached hydrogens (tertiary/aromatic N) is 1. The van der Waals surface area contributed by atoms with Gasteiger partial charge in [-0.1, -0.05) is 20.8 Å². The molecule has 7 N–H and O–H groups in total. The fourth-order valence-electron chi connectivity index (χ4n) is 3.39. The number of aromatic amines is 1. The van der Waals surface area contributed by atoms with Crippen LogP contribution in [0.3, 0.4) is 0 Å². The fourth-order valence-corrected chi connectivity index (χ4v) is 3.39. The van der Waals surface area contributed by atoms with E-state index in [1.807, 2.05) is 0 Å². The second-order valence-corrected chi connectivity index (χ2v) is 9.34. The van der Waals surface area contributed by atoms with Gasteiger partial charge >= 0.3 is 18.0 Å². The van der Waals surface area contributed by atoms with Crippen LogP contribution >= 0.6 is 0 Å². The predicted octanol–water partition coefficient (Wildman–Crippen LogP) is -0.132. The van der Waals surface area contributed by atoms with Crippen LogP contribution < -0.4 is 11.1 Å². The number of nitrogens with two attached hydrogens (primary N) is 1. The minimum absolute atomic E-state index is 0.113. The molecule has 0 radical (unpaired) electrons. The van der Waals surface area contributed by atoms with Gasteiger partial charge in [-0.05, 0) is 24.5 Å². The molecule has 1 aliphatic heterocycles. The molecule has 0 aromatic carbocycles. The SMILES string of the molecule is CC(=O)OCOC(=O)NC(=NC=N)c1ccc([C@]2(C)O[C@H](CO)[C@@H](OC(=O)[C@@H](N)C(C)(C)C)[C@H]2O)[nH]1. The molecule has 2 rings (SSSR count). The Labute approximate surface area is 207 Å². The first kappa shape index (κ1) is 28.9. The second-order valence-electron chi connectivity index (χ2n) is 9.34. The van der Waals surface area contributed by atoms with Crippen LogP contribution in [0.4, 0.5) is 4.79 Å². The number of ether oxygens (including phenoxy) is 4. The van der Waals surface area contributed by atoms with Crippen molar-refractivity contribution in [3.05, 3.63) is 23.5 Å². The van der Waals surface area contributed by atoms with E-state index in [1.54, 1.807) is 20.8 Å². The normalized spacial score (nSPS) is 25.1. The first-order valence-corrected chi connectivity index (χ1v) is 11.0. The number of hydrogen-bond donors (Lipinski definition) is 6. The average molecular weight is 512 g/mol. The molecule has 14 heteroatoms. The third-order valence-electron chi connectivity index (χ3n) is 5.60. The van der Waals surface area contributed by atoms with Crippen LogP contribution in [0, 0.1) is 10.8 Å². The van der Waals surface area contributed by atoms with Gasteiger partial charge < -0.3 is 39.9 Å². The van der Waals surface area contributed by atoms with Crippen molar-refractivity contribution < 1.29 is 43.5 Å². The number of carbonyl (C=O) groups excluding carboxylic acids is 3. The highest BCUT2D eigenvalue weighted by atomic mass is 16.7. The largest absolute Gasteiger partial charge is 0.455 e. The van der Waals surface area contributed by atoms with Gasteiger partial charge in [-0.15, -0.1) is 0 Å². The molecule has 0 spiro atoms. The number of aliphatic imine (C=N–C) groups is 1. The molecule has 1 aliphatic rings. The zero-order chi connectivity index (χ0) is 27.3. The summed E-state index contributed by atoms with van der Waals surface area (Å²) in [6.07, 6.45) is -3.98. The molecule has 0 unspecified atom stereocenters. The number of hydrogen-bond acceptors (Lipinski definition) is 11. The zero-order valence-corrected chi connectivity index (χ0v) is 20.7. The molecule has 0 saturated carbocycles. The monoisotopic (exact) mass is 511 g/mol. The van der Waals surface area contributed by atoms with Crippen LogP contribution in [0.1, 0.15) is 46.0 Å². The number of aromatic nitrogens is 1. The molecule has 0 bridgehead atoms. The number of alkyl carbamates (subject to hydrolysis) is 1. The molecule has 200 valence electrons. The highest BCUT2D eigenvalue weighted by Crippen LogP contribution is 2.40. The summed E-state index contributed by atoms with van der Waals surface area (Å²) in [4.78, 5) is 42.0. The van der Waals surface area contributed by atoms with Gasteiger partial charge in [0.05, 0.1) is 18.0 Å². The molecule has 1 amide bonds. The maximum Gasteiger partial charge on any atom is 0.415 e. The van der Waals surface area contributed by atoms with Crippen LogP contribution in [-0.4, -0.2) is 83.2 Å². The molecule has 14 nitrogen and oxygen atoms in total. The summed E-state index contributed by atoms with van der Waals surface area (Å²) in [5.74, 6) is -1.50. The van der Waals surface area contributed by atoms with Crippen molar-refractivity contribution in [1.29, 1.82) is 5.41 Å². The third-order valence-corrected chi connectivity index (χ3v) is 5.60. The minimum atomic E-state index is -1.46. The van der Waals surface area contributed by atoms with Crippen LogP contribution in [-0.2, 0) is 34.1 Å². The van der Waals surface area contributed by atoms with E-state index in [-0.39, 0.29) is 11.5 Å². The Balaban J connectivity index is 2.22. The Morgan fingerprint density at radius 2 is 2.03 bits per heavy atom. The van der Waals surface area contributed by atoms with Crippen LogP contribution in [0.5, 0.6) is 0 Å². The predicted molar refractivity (Wildman–Crippen MR) is 125 cm³/mol. The topological polar surface area (TPSA) is 219 Å². The van der Waals surface area contributed by atoms with Gasteiger partial charge in [0.15, 0.2) is 11.9 Å². The number of carbonyl (C=O) groups is 3. The van der Waals surface area contributed by atoms with Crippen LogP contribution in [0.15, 0.2) is 17.1 Å². The first-order chi connectivity index (χ1) is 16.7. The van der Waals surface area contributed by atoms with Crippen molar-refractivity contribution in [2.75, 3.05) is 13.4 Å². The molecule has 1 aromatic heterocycles. The molecule has 1 fully saturated rings. The van der Waals surface area contributed by atoms with Gasteiger partial charge in [0, 0.05) is 6.92 Å². The summed E-state index contributed by atoms with van der Waals surface area (Å²) >= 11 is 0. The number of H-pyrrole nitrogens is 1. The number of rotatable bonds is 8. The summed E-state index contributed by atoms with van der Waals surface area (Å²) in [5.41, 5.74) is 4.42. The van der Waals surface area contributed by atoms with E-state index in [0.717, 1.165) is 6.92 Å². The van der Waals surface area contributed by atoms with E-state index in [0.29, 0.717) is 12.0 Å². The van der Waals surface area contributed by atoms with Crippen molar-refractivity contribution in [2.24, 2.45) is 16.1 Å². The number of nitrogens with one attached hydrogen (secondary N) is 3. The summed E-state index contributed by atoms with van der Waals surface area (Å²) in [6, 6.07) is 2.05. The lowest BCUT2D eigenvalue weighted by Gasteiger charge is -2.29. The maximum absolute atomic E-state index is 12.6. The van der Waals surface area contributed by atoms with E-state index in [4.69, 9.17) is 25.4 Å².